The highest BCUT2D eigenvalue weighted by molar-refractivity contribution is 9.19. The minimum Gasteiger partial charge on any atom is -0.348 e. The van der Waals surface area contributed by atoms with E-state index >= 15 is 0 Å². The van der Waals surface area contributed by atoms with Crippen molar-refractivity contribution in [2.24, 2.45) is 17.3 Å². The largest absolute Gasteiger partial charge is 0.348 e. The van der Waals surface area contributed by atoms with E-state index in [0.717, 1.165) is 20.8 Å². The topological polar surface area (TPSA) is 36.9 Å². The van der Waals surface area contributed by atoms with Gasteiger partial charge in [0.05, 0.1) is 54.5 Å². The summed E-state index contributed by atoms with van der Waals surface area (Å²) in [6.45, 7) is 8.54. The summed E-state index contributed by atoms with van der Waals surface area (Å²) in [4.78, 5) is 0. The summed E-state index contributed by atoms with van der Waals surface area (Å²) in [5.74, 6) is 0.519. The van der Waals surface area contributed by atoms with Crippen LogP contribution in [0, 0.1) is 17.3 Å². The van der Waals surface area contributed by atoms with E-state index in [1.807, 2.05) is 0 Å². The van der Waals surface area contributed by atoms with Crippen molar-refractivity contribution < 1.29 is 18.1 Å². The highest BCUT2D eigenvalue weighted by Crippen LogP contribution is 3.18. The molecule has 0 aromatic heterocycles. The molecule has 0 amide bonds. The predicted octanol–water partition coefficient (Wildman–Crippen LogP) is 23.1. The Morgan fingerprint density at radius 3 is 1.56 bits per heavy atom. The lowest BCUT2D eigenvalue weighted by atomic mass is 9.67. The van der Waals surface area contributed by atoms with Crippen LogP contribution in [0.15, 0.2) is 11.6 Å². The van der Waals surface area contributed by atoms with Crippen LogP contribution < -0.4 is 0 Å². The lowest BCUT2D eigenvalue weighted by molar-refractivity contribution is -0.00997. The van der Waals surface area contributed by atoms with Gasteiger partial charge in [-0.3, -0.25) is 0 Å². The lowest BCUT2D eigenvalue weighted by Gasteiger charge is -2.46. The minimum atomic E-state index is -0.766. The molecule has 1 rings (SSSR count). The summed E-state index contributed by atoms with van der Waals surface area (Å²) in [5, 5.41) is 0. The van der Waals surface area contributed by atoms with Gasteiger partial charge in [-0.15, -0.1) is 134 Å². The molecule has 28 unspecified atom stereocenters. The van der Waals surface area contributed by atoms with Crippen molar-refractivity contribution in [2.75, 3.05) is 0 Å². The van der Waals surface area contributed by atoms with E-state index in [9.17, 15) is 0 Å². The lowest BCUT2D eigenvalue weighted by Crippen LogP contribution is -2.42. The van der Waals surface area contributed by atoms with Crippen LogP contribution in [0.2, 0.25) is 0 Å². The van der Waals surface area contributed by atoms with Gasteiger partial charge in [-0.25, -0.2) is 0 Å². The summed E-state index contributed by atoms with van der Waals surface area (Å²) < 4.78 is 29.4. The Kier molecular flexibility index (Phi) is 43.1. The molecule has 328 valence electrons. The summed E-state index contributed by atoms with van der Waals surface area (Å²) in [6, 6.07) is 0. The molecule has 0 saturated heterocycles. The maximum absolute atomic E-state index is 7.53. The first-order valence-electron chi connectivity index (χ1n) is 15.5. The molecular weight excluding hydrogens is 1340 g/mol. The third-order valence-electron chi connectivity index (χ3n) is 7.98. The Hall–Kier alpha value is 14.6. The van der Waals surface area contributed by atoms with E-state index < -0.39 is 44.1 Å². The molecule has 1 aliphatic rings. The van der Waals surface area contributed by atoms with Crippen molar-refractivity contribution in [3.8, 4) is 0 Å². The van der Waals surface area contributed by atoms with Gasteiger partial charge in [0.1, 0.15) is 0 Å². The van der Waals surface area contributed by atoms with Gasteiger partial charge in [-0.2, -0.15) is 0 Å². The molecule has 0 aromatic carbocycles. The number of hydrogen-bond donors (Lipinski definition) is 0. The zero-order chi connectivity index (χ0) is 42.9. The summed E-state index contributed by atoms with van der Waals surface area (Å²) in [5.41, 5.74) is 1.41. The van der Waals surface area contributed by atoms with Gasteiger partial charge in [0.25, 0.3) is 0 Å². The third-order valence-corrected chi connectivity index (χ3v) is 167. The molecule has 0 spiro atoms. The molecule has 0 radical (unpaired) electrons. The maximum atomic E-state index is 7.53. The van der Waals surface area contributed by atoms with Crippen LogP contribution in [-0.4, -0.2) is 24.4 Å². The van der Waals surface area contributed by atoms with Gasteiger partial charge in [0.2, 0.25) is 0 Å². The standard InChI is InChI=1S/C16H65O4P35/c1-9-8-16(4,5)12(6-13(9)19-44(53(39)48(30)31)55(50(34)35)51(36)37)7-14(18-41(22)23)10(2)15(20-42(45(24)25)52(38)47(28)29)11(3)17-43(46(26)27)54(40-21)49(32)33/h8,10-15,40H,6-7,21-39H2,1-5H3/t10-,11+,12?,13-,14?,15+,42?,43?,44?,52?,53?,54?/m0/s1. The second-order valence-electron chi connectivity index (χ2n) is 12.5. The van der Waals surface area contributed by atoms with Crippen molar-refractivity contribution in [2.45, 2.75) is 71.9 Å². The molecule has 39 heteroatoms. The van der Waals surface area contributed by atoms with Gasteiger partial charge >= 0.3 is 0 Å². The van der Waals surface area contributed by atoms with Crippen molar-refractivity contribution in [3.63, 3.8) is 0 Å². The molecule has 55 heavy (non-hydrogen) atoms. The highest BCUT2D eigenvalue weighted by atomic mass is 33.2. The summed E-state index contributed by atoms with van der Waals surface area (Å²) in [7, 11) is 57.4. The van der Waals surface area contributed by atoms with Crippen molar-refractivity contribution in [1.82, 2.24) is 0 Å². The molecule has 0 aliphatic heterocycles. The minimum absolute atomic E-state index is 0.00364. The average molecular weight is 1410 g/mol. The molecule has 0 heterocycles. The molecule has 1 aliphatic carbocycles. The zero-order valence-corrected chi connectivity index (χ0v) is 67.6. The second-order valence-corrected chi connectivity index (χ2v) is 133. The Balaban J connectivity index is 3.75. The second kappa shape index (κ2) is 35.1. The molecule has 0 fully saturated rings. The van der Waals surface area contributed by atoms with Gasteiger partial charge in [-0.1, -0.05) is 70.5 Å². The molecule has 0 saturated carbocycles. The van der Waals surface area contributed by atoms with Crippen LogP contribution in [0.4, 0.5) is 0 Å². The van der Waals surface area contributed by atoms with E-state index in [-0.39, 0.29) is 98.6 Å². The molecule has 32 atom stereocenters. The Morgan fingerprint density at radius 2 is 1.16 bits per heavy atom. The Labute approximate surface area is 399 Å². The Morgan fingerprint density at radius 1 is 0.673 bits per heavy atom. The van der Waals surface area contributed by atoms with Crippen molar-refractivity contribution in [1.29, 1.82) is 0 Å². The van der Waals surface area contributed by atoms with Gasteiger partial charge in [-0.05, 0) is 92.5 Å². The monoisotopic (exact) mass is 1410 g/mol. The predicted molar refractivity (Wildman–Crippen MR) is 371 cm³/mol. The van der Waals surface area contributed by atoms with Crippen LogP contribution in [-0.2, 0) is 18.1 Å². The molecule has 0 bridgehead atoms. The van der Waals surface area contributed by atoms with Crippen LogP contribution in [0.25, 0.3) is 0 Å². The van der Waals surface area contributed by atoms with Crippen LogP contribution in [0.1, 0.15) is 47.5 Å². The van der Waals surface area contributed by atoms with Gasteiger partial charge < -0.3 is 18.1 Å². The smallest absolute Gasteiger partial charge is 0.0965 e. The molecule has 4 nitrogen and oxygen atoms in total. The average Bonchev–Trinajstić information content (AvgIpc) is 3.03. The first-order valence-corrected chi connectivity index (χ1v) is 75.8. The fourth-order valence-electron chi connectivity index (χ4n) is 5.37. The van der Waals surface area contributed by atoms with E-state index in [4.69, 9.17) is 18.1 Å². The fraction of sp³-hybridized carbons (Fsp3) is 0.875. The van der Waals surface area contributed by atoms with E-state index in [1.165, 1.54) is 5.57 Å². The SMILES string of the molecule is CC1=CC(C)(C)C(CC(OP(P)P)[C@H](C)[C@@H](OP(P(P)P)P(P)P(P)P)[C@@H](C)OP(P(P)P)P(PP)P(P)P)C[C@@H]1OP(P(P)P(P)P)P(P(P)P)P(P)P. The summed E-state index contributed by atoms with van der Waals surface area (Å²) in [6.07, 6.45) is 4.49. The van der Waals surface area contributed by atoms with Gasteiger partial charge in [0, 0.05) is 33.9 Å². The fourth-order valence-corrected chi connectivity index (χ4v) is 213. The molecule has 0 aromatic rings. The van der Waals surface area contributed by atoms with Crippen molar-refractivity contribution in [3.05, 3.63) is 11.6 Å². The van der Waals surface area contributed by atoms with Crippen LogP contribution in [0.3, 0.4) is 0 Å². The number of rotatable bonds is 25. The highest BCUT2D eigenvalue weighted by Gasteiger charge is 2.45. The normalized spacial score (nSPS) is 24.1. The molecular formula is C16H65O4P35. The van der Waals surface area contributed by atoms with E-state index in [0.29, 0.717) is 5.92 Å². The quantitative estimate of drug-likeness (QED) is 0.0674. The number of hydrogen-bond acceptors (Lipinski definition) is 4. The zero-order valence-electron chi connectivity index (χ0n) is 31.3. The first kappa shape index (κ1) is 67.6. The Bertz CT molecular complexity index is 1110. The molecule has 0 N–H and O–H groups in total. The van der Waals surface area contributed by atoms with E-state index in [1.54, 1.807) is 0 Å². The van der Waals surface area contributed by atoms with Gasteiger partial charge in [0.15, 0.2) is 0 Å². The maximum Gasteiger partial charge on any atom is 0.0965 e. The van der Waals surface area contributed by atoms with E-state index in [2.05, 4.69) is 210 Å². The third kappa shape index (κ3) is 24.5. The van der Waals surface area contributed by atoms with Crippen molar-refractivity contribution >= 4 is 285 Å². The van der Waals surface area contributed by atoms with Crippen LogP contribution >= 0.6 is 285 Å². The van der Waals surface area contributed by atoms with Crippen LogP contribution in [0.5, 0.6) is 0 Å². The first-order chi connectivity index (χ1) is 25.2. The number of allylic oxidation sites excluding steroid dienone is 1. The summed E-state index contributed by atoms with van der Waals surface area (Å²) >= 11 is 0.